The summed E-state index contributed by atoms with van der Waals surface area (Å²) in [7, 11) is 3.67. The number of benzene rings is 1. The zero-order chi connectivity index (χ0) is 14.9. The molecule has 0 saturated carbocycles. The molecule has 0 aliphatic rings. The average molecular weight is 273 g/mol. The molecule has 0 bridgehead atoms. The van der Waals surface area contributed by atoms with Crippen LogP contribution in [-0.2, 0) is 0 Å². The number of aromatic amines is 1. The molecule has 1 heterocycles. The summed E-state index contributed by atoms with van der Waals surface area (Å²) in [5, 5.41) is 17.1. The molecule has 20 heavy (non-hydrogen) atoms. The van der Waals surface area contributed by atoms with Crippen LogP contribution >= 0.6 is 0 Å². The lowest BCUT2D eigenvalue weighted by Gasteiger charge is -2.09. The van der Waals surface area contributed by atoms with Gasteiger partial charge in [-0.15, -0.1) is 0 Å². The second kappa shape index (κ2) is 5.36. The summed E-state index contributed by atoms with van der Waals surface area (Å²) in [5.74, 6) is 0.0873. The maximum Gasteiger partial charge on any atom is 0.198 e. The van der Waals surface area contributed by atoms with Crippen LogP contribution < -0.4 is 0 Å². The molecule has 0 aliphatic carbocycles. The number of fused-ring (bicyclic) bond motifs is 1. The van der Waals surface area contributed by atoms with Gasteiger partial charge in [-0.05, 0) is 31.5 Å². The molecule has 5 nitrogen and oxygen atoms in total. The molecule has 0 saturated heterocycles. The van der Waals surface area contributed by atoms with Gasteiger partial charge in [0.1, 0.15) is 0 Å². The molecule has 2 aromatic rings. The van der Waals surface area contributed by atoms with Gasteiger partial charge < -0.3 is 15.1 Å². The number of rotatable bonds is 4. The summed E-state index contributed by atoms with van der Waals surface area (Å²) >= 11 is 0. The molecule has 0 unspecified atom stereocenters. The van der Waals surface area contributed by atoms with Crippen molar-refractivity contribution >= 4 is 22.4 Å². The van der Waals surface area contributed by atoms with Gasteiger partial charge in [-0.2, -0.15) is 5.10 Å². The summed E-state index contributed by atoms with van der Waals surface area (Å²) in [6.45, 7) is 3.51. The number of Topliss-reactive ketones (excluding diaryl/α,β-unsaturated/α-hetero) is 1. The Hall–Kier alpha value is -2.30. The molecule has 0 atom stereocenters. The van der Waals surface area contributed by atoms with E-state index in [1.54, 1.807) is 23.2 Å². The molecule has 1 aromatic heterocycles. The highest BCUT2D eigenvalue weighted by Crippen LogP contribution is 2.29. The van der Waals surface area contributed by atoms with E-state index in [0.29, 0.717) is 17.5 Å². The van der Waals surface area contributed by atoms with Crippen LogP contribution in [0.2, 0.25) is 0 Å². The Balaban J connectivity index is 2.70. The first-order valence-corrected chi connectivity index (χ1v) is 6.54. The Labute approximate surface area is 117 Å². The molecule has 1 aromatic carbocycles. The maximum absolute atomic E-state index is 11.5. The Morgan fingerprint density at radius 3 is 2.65 bits per heavy atom. The molecular weight excluding hydrogens is 254 g/mol. The zero-order valence-corrected chi connectivity index (χ0v) is 12.2. The van der Waals surface area contributed by atoms with Gasteiger partial charge in [0.2, 0.25) is 0 Å². The zero-order valence-electron chi connectivity index (χ0n) is 12.2. The Bertz CT molecular complexity index is 684. The fraction of sp³-hybridized carbons (Fsp3) is 0.333. The minimum atomic E-state index is 0.00105. The lowest BCUT2D eigenvalue weighted by molar-refractivity contribution is 0.101. The molecule has 0 spiro atoms. The molecule has 0 fully saturated rings. The van der Waals surface area contributed by atoms with Crippen LogP contribution in [0.15, 0.2) is 23.3 Å². The Morgan fingerprint density at radius 1 is 1.40 bits per heavy atom. The fourth-order valence-electron chi connectivity index (χ4n) is 2.23. The molecule has 0 aliphatic heterocycles. The van der Waals surface area contributed by atoms with Crippen molar-refractivity contribution in [2.24, 2.45) is 5.10 Å². The number of nitrogens with zero attached hydrogens (tertiary/aromatic N) is 2. The maximum atomic E-state index is 11.5. The first-order valence-electron chi connectivity index (χ1n) is 6.54. The van der Waals surface area contributed by atoms with Crippen molar-refractivity contribution in [2.45, 2.75) is 20.3 Å². The molecular formula is C15H19N3O2. The van der Waals surface area contributed by atoms with E-state index >= 15 is 0 Å². The number of ketones is 1. The van der Waals surface area contributed by atoms with Crippen LogP contribution in [0, 0.1) is 0 Å². The van der Waals surface area contributed by atoms with Crippen molar-refractivity contribution < 1.29 is 9.90 Å². The van der Waals surface area contributed by atoms with Crippen molar-refractivity contribution in [1.82, 2.24) is 9.99 Å². The fourth-order valence-corrected chi connectivity index (χ4v) is 2.23. The predicted molar refractivity (Wildman–Crippen MR) is 80.5 cm³/mol. The molecule has 106 valence electrons. The third-order valence-corrected chi connectivity index (χ3v) is 3.13. The summed E-state index contributed by atoms with van der Waals surface area (Å²) in [4.78, 5) is 14.4. The minimum Gasteiger partial charge on any atom is -0.494 e. The summed E-state index contributed by atoms with van der Waals surface area (Å²) < 4.78 is 0. The minimum absolute atomic E-state index is 0.00105. The van der Waals surface area contributed by atoms with Crippen LogP contribution in [0.4, 0.5) is 0 Å². The van der Waals surface area contributed by atoms with Crippen molar-refractivity contribution in [3.8, 4) is 5.88 Å². The summed E-state index contributed by atoms with van der Waals surface area (Å²) in [5.41, 5.74) is 2.86. The van der Waals surface area contributed by atoms with E-state index in [0.717, 1.165) is 16.6 Å². The number of aromatic hydroxyl groups is 1. The molecule has 2 N–H and O–H groups in total. The number of nitrogens with one attached hydrogen (secondary N) is 1. The number of aromatic nitrogens is 1. The van der Waals surface area contributed by atoms with Crippen molar-refractivity contribution in [2.75, 3.05) is 14.1 Å². The Kier molecular flexibility index (Phi) is 3.79. The lowest BCUT2D eigenvalue weighted by atomic mass is 10.0. The van der Waals surface area contributed by atoms with Crippen molar-refractivity contribution in [1.29, 1.82) is 0 Å². The van der Waals surface area contributed by atoms with Gasteiger partial charge in [0.15, 0.2) is 11.7 Å². The van der Waals surface area contributed by atoms with Gasteiger partial charge in [0.25, 0.3) is 0 Å². The number of carbonyl (C=O) groups is 1. The van der Waals surface area contributed by atoms with Gasteiger partial charge in [0.05, 0.1) is 11.3 Å². The molecule has 0 amide bonds. The standard InChI is InChI=1S/C15H19N3O2/c1-5-12(17-18(3)4)14-11-8-10(9(2)19)6-7-13(11)16-15(14)20/h6-8,16,20H,5H2,1-4H3/b17-12+. The first-order chi connectivity index (χ1) is 9.43. The first kappa shape index (κ1) is 14.1. The van der Waals surface area contributed by atoms with E-state index < -0.39 is 0 Å². The SMILES string of the molecule is CC/C(=N\N(C)C)c1c(O)[nH]c2ccc(C(C)=O)cc12. The normalized spacial score (nSPS) is 11.9. The average Bonchev–Trinajstić information content (AvgIpc) is 2.70. The quantitative estimate of drug-likeness (QED) is 0.511. The monoisotopic (exact) mass is 273 g/mol. The van der Waals surface area contributed by atoms with E-state index in [1.165, 1.54) is 6.92 Å². The number of hydrazone groups is 1. The highest BCUT2D eigenvalue weighted by atomic mass is 16.3. The van der Waals surface area contributed by atoms with Crippen LogP contribution in [-0.4, -0.2) is 40.7 Å². The van der Waals surface area contributed by atoms with E-state index in [-0.39, 0.29) is 11.7 Å². The summed E-state index contributed by atoms with van der Waals surface area (Å²) in [6, 6.07) is 5.35. The van der Waals surface area contributed by atoms with Crippen LogP contribution in [0.3, 0.4) is 0 Å². The van der Waals surface area contributed by atoms with Crippen molar-refractivity contribution in [3.05, 3.63) is 29.3 Å². The number of hydrogen-bond acceptors (Lipinski definition) is 4. The van der Waals surface area contributed by atoms with Crippen molar-refractivity contribution in [3.63, 3.8) is 0 Å². The van der Waals surface area contributed by atoms with Crippen LogP contribution in [0.5, 0.6) is 5.88 Å². The van der Waals surface area contributed by atoms with E-state index in [1.807, 2.05) is 21.0 Å². The number of H-pyrrole nitrogens is 1. The summed E-state index contributed by atoms with van der Waals surface area (Å²) in [6.07, 6.45) is 0.684. The van der Waals surface area contributed by atoms with Gasteiger partial charge in [-0.25, -0.2) is 0 Å². The lowest BCUT2D eigenvalue weighted by Crippen LogP contribution is -2.09. The molecule has 5 heteroatoms. The smallest absolute Gasteiger partial charge is 0.198 e. The largest absolute Gasteiger partial charge is 0.494 e. The highest BCUT2D eigenvalue weighted by Gasteiger charge is 2.17. The van der Waals surface area contributed by atoms with Gasteiger partial charge >= 0.3 is 0 Å². The van der Waals surface area contributed by atoms with Crippen LogP contribution in [0.25, 0.3) is 10.9 Å². The van der Waals surface area contributed by atoms with E-state index in [4.69, 9.17) is 0 Å². The topological polar surface area (TPSA) is 68.7 Å². The van der Waals surface area contributed by atoms with E-state index in [2.05, 4.69) is 10.1 Å². The van der Waals surface area contributed by atoms with Crippen LogP contribution in [0.1, 0.15) is 36.2 Å². The van der Waals surface area contributed by atoms with Gasteiger partial charge in [-0.1, -0.05) is 6.92 Å². The van der Waals surface area contributed by atoms with E-state index in [9.17, 15) is 9.90 Å². The second-order valence-electron chi connectivity index (χ2n) is 4.91. The third-order valence-electron chi connectivity index (χ3n) is 3.13. The van der Waals surface area contributed by atoms with Gasteiger partial charge in [0, 0.05) is 30.6 Å². The number of hydrogen-bond donors (Lipinski definition) is 2. The third kappa shape index (κ3) is 2.52. The number of carbonyl (C=O) groups excluding carboxylic acids is 1. The second-order valence-corrected chi connectivity index (χ2v) is 4.91. The predicted octanol–water partition coefficient (Wildman–Crippen LogP) is 2.75. The molecule has 2 rings (SSSR count). The Morgan fingerprint density at radius 2 is 2.10 bits per heavy atom. The molecule has 0 radical (unpaired) electrons. The van der Waals surface area contributed by atoms with Gasteiger partial charge in [-0.3, -0.25) is 4.79 Å². The highest BCUT2D eigenvalue weighted by molar-refractivity contribution is 6.14.